The largest absolute Gasteiger partial charge is 0.456 e. The van der Waals surface area contributed by atoms with Gasteiger partial charge in [0.2, 0.25) is 0 Å². The quantitative estimate of drug-likeness (QED) is 0.188. The number of hydrogen-bond donors (Lipinski definition) is 0. The highest BCUT2D eigenvalue weighted by atomic mass is 16.3. The van der Waals surface area contributed by atoms with Crippen molar-refractivity contribution < 1.29 is 4.42 Å². The third kappa shape index (κ3) is 4.52. The van der Waals surface area contributed by atoms with Crippen LogP contribution in [0.5, 0.6) is 0 Å². The SMILES string of the molecule is c1ccc(-c2nc(-c3ccccc3)nc(-c3cccc4oc5cc(-c6cccc7c6c6ccccc6n7-c6ccccc6)ccc5c34)n2)cc1. The van der Waals surface area contributed by atoms with Gasteiger partial charge in [-0.2, -0.15) is 0 Å². The number of rotatable bonds is 5. The standard InChI is InChI=1S/C45H28N4O/c1-4-14-29(15-5-1)43-46-44(30-16-6-2-7-17-30)48-45(47-43)36-22-13-25-39-42(36)35-27-26-31(28-40(35)50-39)33-21-12-24-38-41(33)34-20-10-11-23-37(34)49(38)32-18-8-3-9-19-32/h1-28H. The molecule has 3 aromatic heterocycles. The molecule has 50 heavy (non-hydrogen) atoms. The summed E-state index contributed by atoms with van der Waals surface area (Å²) in [7, 11) is 0. The molecule has 0 atom stereocenters. The molecule has 0 aliphatic heterocycles. The molecule has 0 aliphatic carbocycles. The van der Waals surface area contributed by atoms with Crippen LogP contribution in [0, 0.1) is 0 Å². The number of furan rings is 1. The van der Waals surface area contributed by atoms with Crippen LogP contribution in [0.1, 0.15) is 0 Å². The van der Waals surface area contributed by atoms with Gasteiger partial charge in [-0.15, -0.1) is 0 Å². The first-order valence-corrected chi connectivity index (χ1v) is 16.7. The van der Waals surface area contributed by atoms with E-state index in [1.807, 2.05) is 72.8 Å². The van der Waals surface area contributed by atoms with E-state index in [2.05, 4.69) is 102 Å². The first-order chi connectivity index (χ1) is 24.8. The molecule has 0 bridgehead atoms. The van der Waals surface area contributed by atoms with Crippen molar-refractivity contribution in [2.45, 2.75) is 0 Å². The van der Waals surface area contributed by atoms with E-state index >= 15 is 0 Å². The van der Waals surface area contributed by atoms with Gasteiger partial charge in [-0.3, -0.25) is 0 Å². The van der Waals surface area contributed by atoms with Crippen molar-refractivity contribution >= 4 is 43.7 Å². The van der Waals surface area contributed by atoms with E-state index in [1.54, 1.807) is 0 Å². The summed E-state index contributed by atoms with van der Waals surface area (Å²) in [5.74, 6) is 1.86. The Morgan fingerprint density at radius 3 is 1.72 bits per heavy atom. The molecule has 0 saturated carbocycles. The van der Waals surface area contributed by atoms with Gasteiger partial charge in [-0.1, -0.05) is 127 Å². The van der Waals surface area contributed by atoms with Gasteiger partial charge in [0.05, 0.1) is 11.0 Å². The molecule has 234 valence electrons. The van der Waals surface area contributed by atoms with Crippen molar-refractivity contribution in [3.05, 3.63) is 170 Å². The number of aromatic nitrogens is 4. The molecule has 0 radical (unpaired) electrons. The van der Waals surface area contributed by atoms with Gasteiger partial charge >= 0.3 is 0 Å². The molecule has 5 nitrogen and oxygen atoms in total. The second-order valence-corrected chi connectivity index (χ2v) is 12.4. The second kappa shape index (κ2) is 11.4. The minimum Gasteiger partial charge on any atom is -0.456 e. The van der Waals surface area contributed by atoms with Crippen molar-refractivity contribution in [2.24, 2.45) is 0 Å². The summed E-state index contributed by atoms with van der Waals surface area (Å²) in [6.45, 7) is 0. The number of hydrogen-bond acceptors (Lipinski definition) is 4. The molecule has 10 rings (SSSR count). The van der Waals surface area contributed by atoms with Crippen molar-refractivity contribution in [1.29, 1.82) is 0 Å². The van der Waals surface area contributed by atoms with Gasteiger partial charge in [-0.05, 0) is 53.6 Å². The Kier molecular flexibility index (Phi) is 6.42. The number of benzene rings is 7. The van der Waals surface area contributed by atoms with Crippen LogP contribution in [0.2, 0.25) is 0 Å². The van der Waals surface area contributed by atoms with Gasteiger partial charge in [0.1, 0.15) is 11.2 Å². The van der Waals surface area contributed by atoms with E-state index in [4.69, 9.17) is 19.4 Å². The Morgan fingerprint density at radius 1 is 0.380 bits per heavy atom. The number of nitrogens with zero attached hydrogens (tertiary/aromatic N) is 4. The Bertz CT molecular complexity index is 2800. The summed E-state index contributed by atoms with van der Waals surface area (Å²) in [5, 5.41) is 4.43. The van der Waals surface area contributed by atoms with Gasteiger partial charge in [0.15, 0.2) is 17.5 Å². The lowest BCUT2D eigenvalue weighted by Crippen LogP contribution is -2.00. The minimum atomic E-state index is 0.605. The lowest BCUT2D eigenvalue weighted by atomic mass is 9.97. The van der Waals surface area contributed by atoms with E-state index in [9.17, 15) is 0 Å². The van der Waals surface area contributed by atoms with Crippen LogP contribution in [0.4, 0.5) is 0 Å². The first-order valence-electron chi connectivity index (χ1n) is 16.7. The average Bonchev–Trinajstić information content (AvgIpc) is 3.74. The lowest BCUT2D eigenvalue weighted by molar-refractivity contribution is 0.669. The molecule has 7 aromatic carbocycles. The smallest absolute Gasteiger partial charge is 0.164 e. The lowest BCUT2D eigenvalue weighted by Gasteiger charge is -2.09. The minimum absolute atomic E-state index is 0.605. The van der Waals surface area contributed by atoms with Crippen LogP contribution in [0.25, 0.3) is 94.7 Å². The molecular weight excluding hydrogens is 613 g/mol. The zero-order valence-electron chi connectivity index (χ0n) is 26.9. The normalized spacial score (nSPS) is 11.6. The summed E-state index contributed by atoms with van der Waals surface area (Å²) < 4.78 is 8.95. The summed E-state index contributed by atoms with van der Waals surface area (Å²) in [6.07, 6.45) is 0. The molecule has 10 aromatic rings. The molecule has 3 heterocycles. The van der Waals surface area contributed by atoms with E-state index in [0.29, 0.717) is 17.5 Å². The fourth-order valence-corrected chi connectivity index (χ4v) is 7.22. The number of para-hydroxylation sites is 2. The monoisotopic (exact) mass is 640 g/mol. The first kappa shape index (κ1) is 28.2. The van der Waals surface area contributed by atoms with Crippen molar-refractivity contribution in [1.82, 2.24) is 19.5 Å². The zero-order chi connectivity index (χ0) is 33.0. The van der Waals surface area contributed by atoms with Crippen molar-refractivity contribution in [3.63, 3.8) is 0 Å². The van der Waals surface area contributed by atoms with Crippen LogP contribution in [0.15, 0.2) is 174 Å². The molecular formula is C45H28N4O. The summed E-state index contributed by atoms with van der Waals surface area (Å²) in [6, 6.07) is 58.5. The van der Waals surface area contributed by atoms with Gasteiger partial charge in [-0.25, -0.2) is 15.0 Å². The fourth-order valence-electron chi connectivity index (χ4n) is 7.22. The number of fused-ring (bicyclic) bond motifs is 6. The van der Waals surface area contributed by atoms with Crippen molar-refractivity contribution in [3.8, 4) is 51.0 Å². The summed E-state index contributed by atoms with van der Waals surface area (Å²) >= 11 is 0. The Labute approximate surface area is 287 Å². The fraction of sp³-hybridized carbons (Fsp3) is 0. The maximum absolute atomic E-state index is 6.60. The Morgan fingerprint density at radius 2 is 0.980 bits per heavy atom. The van der Waals surface area contributed by atoms with Gasteiger partial charge in [0.25, 0.3) is 0 Å². The van der Waals surface area contributed by atoms with Crippen molar-refractivity contribution in [2.75, 3.05) is 0 Å². The summed E-state index contributed by atoms with van der Waals surface area (Å²) in [5.41, 5.74) is 10.1. The molecule has 0 N–H and O–H groups in total. The average molecular weight is 641 g/mol. The highest BCUT2D eigenvalue weighted by Crippen LogP contribution is 2.42. The maximum Gasteiger partial charge on any atom is 0.164 e. The third-order valence-corrected chi connectivity index (χ3v) is 9.46. The second-order valence-electron chi connectivity index (χ2n) is 12.4. The van der Waals surface area contributed by atoms with E-state index < -0.39 is 0 Å². The van der Waals surface area contributed by atoms with Crippen LogP contribution in [0.3, 0.4) is 0 Å². The van der Waals surface area contributed by atoms with E-state index in [1.165, 1.54) is 21.8 Å². The maximum atomic E-state index is 6.60. The molecule has 0 saturated heterocycles. The van der Waals surface area contributed by atoms with E-state index in [-0.39, 0.29) is 0 Å². The van der Waals surface area contributed by atoms with Gasteiger partial charge < -0.3 is 8.98 Å². The third-order valence-electron chi connectivity index (χ3n) is 9.46. The molecule has 5 heteroatoms. The molecule has 0 unspecified atom stereocenters. The highest BCUT2D eigenvalue weighted by Gasteiger charge is 2.20. The Hall–Kier alpha value is -6.85. The predicted molar refractivity (Wildman–Crippen MR) is 203 cm³/mol. The topological polar surface area (TPSA) is 56.7 Å². The predicted octanol–water partition coefficient (Wildman–Crippen LogP) is 11.5. The van der Waals surface area contributed by atoms with E-state index in [0.717, 1.165) is 55.4 Å². The van der Waals surface area contributed by atoms with Crippen LogP contribution < -0.4 is 0 Å². The molecule has 0 amide bonds. The molecule has 0 aliphatic rings. The highest BCUT2D eigenvalue weighted by molar-refractivity contribution is 6.17. The van der Waals surface area contributed by atoms with Crippen LogP contribution in [-0.4, -0.2) is 19.5 Å². The molecule has 0 spiro atoms. The zero-order valence-corrected chi connectivity index (χ0v) is 26.9. The molecule has 0 fully saturated rings. The van der Waals surface area contributed by atoms with Crippen LogP contribution >= 0.6 is 0 Å². The summed E-state index contributed by atoms with van der Waals surface area (Å²) in [4.78, 5) is 14.9. The van der Waals surface area contributed by atoms with Gasteiger partial charge in [0, 0.05) is 43.9 Å². The van der Waals surface area contributed by atoms with Crippen LogP contribution in [-0.2, 0) is 0 Å². The Balaban J connectivity index is 1.17.